The molecule has 0 radical (unpaired) electrons. The Labute approximate surface area is 357 Å². The van der Waals surface area contributed by atoms with Gasteiger partial charge in [-0.25, -0.2) is 75.6 Å². The summed E-state index contributed by atoms with van der Waals surface area (Å²) >= 11 is 0. The number of carbonyl (C=O) groups excluding carboxylic acids is 1. The zero-order chi connectivity index (χ0) is 48.8. The highest BCUT2D eigenvalue weighted by atomic mass is 31.2. The largest absolute Gasteiger partial charge is 0.435 e. The average molecular weight is 947 g/mol. The highest BCUT2D eigenvalue weighted by Gasteiger charge is 2.59. The van der Waals surface area contributed by atoms with Crippen molar-refractivity contribution >= 4 is 47.5 Å². The van der Waals surface area contributed by atoms with E-state index in [1.165, 1.54) is 59.7 Å². The Kier molecular flexibility index (Phi) is 13.1. The van der Waals surface area contributed by atoms with Crippen molar-refractivity contribution in [2.24, 2.45) is 0 Å². The molecule has 22 heteroatoms. The number of rotatable bonds is 9. The summed E-state index contributed by atoms with van der Waals surface area (Å²) in [6, 6.07) is 4.41. The lowest BCUT2D eigenvalue weighted by atomic mass is 9.23. The van der Waals surface area contributed by atoms with Gasteiger partial charge in [0.05, 0.1) is 6.54 Å². The number of halogens is 15. The van der Waals surface area contributed by atoms with Crippen LogP contribution in [0.2, 0.25) is 0 Å². The van der Waals surface area contributed by atoms with Crippen molar-refractivity contribution in [2.45, 2.75) is 91.4 Å². The lowest BCUT2D eigenvalue weighted by Gasteiger charge is -2.43. The maximum absolute atomic E-state index is 16.8. The summed E-state index contributed by atoms with van der Waals surface area (Å²) in [6.07, 6.45) is -6.44. The number of nitrogens with zero attached hydrogens (tertiary/aromatic N) is 2. The van der Waals surface area contributed by atoms with E-state index in [1.807, 2.05) is 0 Å². The number of hydrogen-bond acceptors (Lipinski definition) is 4. The Morgan fingerprint density at radius 2 is 0.844 bits per heavy atom. The Morgan fingerprint density at radius 3 is 1.11 bits per heavy atom. The third-order valence-electron chi connectivity index (χ3n) is 11.3. The molecule has 0 unspecified atom stereocenters. The summed E-state index contributed by atoms with van der Waals surface area (Å²) in [5.74, 6) is -52.7. The summed E-state index contributed by atoms with van der Waals surface area (Å²) in [5.41, 5.74) is -8.44. The minimum atomic E-state index is -6.44. The highest BCUT2D eigenvalue weighted by Crippen LogP contribution is 2.67. The topological polar surface area (TPSA) is 49.6 Å². The van der Waals surface area contributed by atoms with Crippen LogP contribution in [0.5, 0.6) is 0 Å². The number of amidine groups is 1. The van der Waals surface area contributed by atoms with Crippen LogP contribution in [-0.2, 0) is 13.9 Å². The molecule has 348 valence electrons. The molecule has 0 aromatic heterocycles. The first-order chi connectivity index (χ1) is 29.3. The summed E-state index contributed by atoms with van der Waals surface area (Å²) < 4.78 is 259. The molecule has 1 aliphatic rings. The summed E-state index contributed by atoms with van der Waals surface area (Å²) in [7, 11) is -4.66. The van der Waals surface area contributed by atoms with Gasteiger partial charge in [-0.15, -0.1) is 0 Å². The molecular formula is C42H39BF15N2O3P. The molecule has 0 spiro atoms. The standard InChI is InChI=1S/C42H39BF15N2O3P/c1-16(2)18-12-11-13-19(17(3)4)38(18)59-14-15-60(39(59)40(61)63-64(62,41(5,6)7)42(8,9)10)43(20-23(44)29(50)35(56)30(51)24(20)45,21-25(46)31(52)36(57)32(53)26(21)47)22-27(48)33(54)37(58)34(55)28(22)49/h11-13,16-17H,14-15H2,1-10H3. The fourth-order valence-electron chi connectivity index (χ4n) is 8.52. The van der Waals surface area contributed by atoms with Gasteiger partial charge in [0.15, 0.2) is 52.4 Å². The number of anilines is 1. The van der Waals surface area contributed by atoms with Gasteiger partial charge < -0.3 is 9.01 Å². The number of para-hydroxylation sites is 1. The van der Waals surface area contributed by atoms with Gasteiger partial charge in [-0.1, -0.05) is 104 Å². The Bertz CT molecular complexity index is 2410. The van der Waals surface area contributed by atoms with Crippen molar-refractivity contribution < 1.29 is 84.2 Å². The van der Waals surface area contributed by atoms with Gasteiger partial charge in [-0.2, -0.15) is 0 Å². The van der Waals surface area contributed by atoms with Gasteiger partial charge in [0, 0.05) is 21.4 Å². The normalized spacial score (nSPS) is 14.2. The number of carbonyl (C=O) groups is 1. The van der Waals surface area contributed by atoms with Crippen molar-refractivity contribution in [3.63, 3.8) is 0 Å². The third-order valence-corrected chi connectivity index (χ3v) is 15.3. The van der Waals surface area contributed by atoms with Crippen molar-refractivity contribution in [1.29, 1.82) is 0 Å². The van der Waals surface area contributed by atoms with Crippen LogP contribution in [0, 0.1) is 87.3 Å². The van der Waals surface area contributed by atoms with E-state index >= 15 is 62.0 Å². The second-order valence-electron chi connectivity index (χ2n) is 17.8. The molecule has 5 nitrogen and oxygen atoms in total. The molecule has 1 heterocycles. The van der Waals surface area contributed by atoms with Crippen molar-refractivity contribution in [1.82, 2.24) is 0 Å². The zero-order valence-electron chi connectivity index (χ0n) is 35.6. The SMILES string of the molecule is CC(C)c1cccc(C(C)C)c1N1CC[N+]([B-](c2c(F)c(F)c(F)c(F)c2F)(c2c(F)c(F)c(F)c(F)c2F)c2c(F)c(F)c(F)c(F)c2F)=C1C(=O)OP(=O)(C(C)(C)C)C(C)(C)C. The van der Waals surface area contributed by atoms with Crippen LogP contribution in [0.4, 0.5) is 71.5 Å². The molecule has 4 aromatic rings. The van der Waals surface area contributed by atoms with Crippen molar-refractivity contribution in [3.05, 3.63) is 117 Å². The van der Waals surface area contributed by atoms with Crippen LogP contribution in [0.25, 0.3) is 0 Å². The van der Waals surface area contributed by atoms with Crippen LogP contribution in [0.15, 0.2) is 18.2 Å². The second kappa shape index (κ2) is 16.8. The van der Waals surface area contributed by atoms with Crippen LogP contribution < -0.4 is 21.3 Å². The maximum Gasteiger partial charge on any atom is 0.422 e. The van der Waals surface area contributed by atoms with E-state index in [2.05, 4.69) is 0 Å². The van der Waals surface area contributed by atoms with E-state index in [9.17, 15) is 13.2 Å². The van der Waals surface area contributed by atoms with Gasteiger partial charge in [-0.3, -0.25) is 4.57 Å². The molecule has 5 rings (SSSR count). The molecule has 4 aromatic carbocycles. The summed E-state index contributed by atoms with van der Waals surface area (Å²) in [4.78, 5) is 16.0. The van der Waals surface area contributed by atoms with Gasteiger partial charge in [0.2, 0.25) is 0 Å². The Balaban J connectivity index is 2.32. The van der Waals surface area contributed by atoms with E-state index in [1.54, 1.807) is 27.7 Å². The summed E-state index contributed by atoms with van der Waals surface area (Å²) in [5, 5.41) is -3.19. The smallest absolute Gasteiger partial charge is 0.422 e. The van der Waals surface area contributed by atoms with Crippen LogP contribution in [-0.4, -0.2) is 46.0 Å². The molecule has 64 heavy (non-hydrogen) atoms. The first-order valence-electron chi connectivity index (χ1n) is 19.4. The lowest BCUT2D eigenvalue weighted by molar-refractivity contribution is -0.379. The maximum atomic E-state index is 16.8. The van der Waals surface area contributed by atoms with E-state index in [0.29, 0.717) is 0 Å². The fourth-order valence-corrected chi connectivity index (χ4v) is 11.4. The molecular weight excluding hydrogens is 907 g/mol. The van der Waals surface area contributed by atoms with E-state index in [4.69, 9.17) is 4.52 Å². The van der Waals surface area contributed by atoms with Crippen LogP contribution in [0.3, 0.4) is 0 Å². The fraction of sp³-hybridized carbons (Fsp3) is 0.381. The third kappa shape index (κ3) is 7.27. The Morgan fingerprint density at radius 1 is 0.562 bits per heavy atom. The highest BCUT2D eigenvalue weighted by molar-refractivity contribution is 7.62. The predicted molar refractivity (Wildman–Crippen MR) is 209 cm³/mol. The van der Waals surface area contributed by atoms with Gasteiger partial charge in [0.25, 0.3) is 13.6 Å². The number of hydrogen-bond donors (Lipinski definition) is 0. The first kappa shape index (κ1) is 50.1. The molecule has 0 saturated heterocycles. The van der Waals surface area contributed by atoms with Gasteiger partial charge >= 0.3 is 11.8 Å². The summed E-state index contributed by atoms with van der Waals surface area (Å²) in [6.45, 7) is 11.8. The van der Waals surface area contributed by atoms with Gasteiger partial charge in [0.1, 0.15) is 47.1 Å². The van der Waals surface area contributed by atoms with E-state index < -0.39 is 164 Å². The quantitative estimate of drug-likeness (QED) is 0.0552. The second-order valence-corrected chi connectivity index (χ2v) is 21.8. The van der Waals surface area contributed by atoms with E-state index in [0.717, 1.165) is 4.90 Å². The van der Waals surface area contributed by atoms with Crippen molar-refractivity contribution in [3.8, 4) is 0 Å². The van der Waals surface area contributed by atoms with Crippen LogP contribution in [0.1, 0.15) is 92.2 Å². The Hall–Kier alpha value is -4.94. The average Bonchev–Trinajstić information content (AvgIpc) is 3.66. The molecule has 0 fully saturated rings. The molecule has 0 amide bonds. The zero-order valence-corrected chi connectivity index (χ0v) is 36.5. The molecule has 0 aliphatic carbocycles. The molecule has 1 aliphatic heterocycles. The lowest BCUT2D eigenvalue weighted by Crippen LogP contribution is -2.80. The molecule has 0 atom stereocenters. The predicted octanol–water partition coefficient (Wildman–Crippen LogP) is 10.3. The molecule has 0 N–H and O–H groups in total. The van der Waals surface area contributed by atoms with Gasteiger partial charge in [-0.05, 0) is 11.8 Å². The minimum Gasteiger partial charge on any atom is -0.435 e. The van der Waals surface area contributed by atoms with Crippen molar-refractivity contribution in [2.75, 3.05) is 18.0 Å². The molecule has 0 saturated carbocycles. The van der Waals surface area contributed by atoms with E-state index in [-0.39, 0.29) is 21.3 Å². The van der Waals surface area contributed by atoms with Crippen LogP contribution >= 0.6 is 7.37 Å². The monoisotopic (exact) mass is 946 g/mol. The minimum absolute atomic E-state index is 0.125. The number of benzene rings is 4. The molecule has 0 bridgehead atoms. The first-order valence-corrected chi connectivity index (χ1v) is 21.0.